The van der Waals surface area contributed by atoms with E-state index in [1.807, 2.05) is 12.1 Å². The molecule has 1 heterocycles. The number of halogens is 1. The van der Waals surface area contributed by atoms with Gasteiger partial charge in [-0.25, -0.2) is 9.37 Å². The van der Waals surface area contributed by atoms with Crippen LogP contribution >= 0.6 is 0 Å². The smallest absolute Gasteiger partial charge is 0.303 e. The van der Waals surface area contributed by atoms with Gasteiger partial charge >= 0.3 is 5.97 Å². The molecule has 0 atom stereocenters. The van der Waals surface area contributed by atoms with Gasteiger partial charge in [0.25, 0.3) is 0 Å². The standard InChI is InChI=1S/C19H16FNO4/c20-15-3-1-2-14(10-15)19-21-16(12-25-19)11-24-17-7-4-13(5-8-17)6-9-18(22)23/h1-5,7-8,10,12H,6,9,11H2,(H,22,23). The van der Waals surface area contributed by atoms with Gasteiger partial charge in [0.1, 0.15) is 30.1 Å². The van der Waals surface area contributed by atoms with Crippen molar-refractivity contribution in [1.82, 2.24) is 4.98 Å². The SMILES string of the molecule is O=C(O)CCc1ccc(OCc2coc(-c3cccc(F)c3)n2)cc1. The van der Waals surface area contributed by atoms with Crippen LogP contribution in [0.25, 0.3) is 11.5 Å². The highest BCUT2D eigenvalue weighted by Crippen LogP contribution is 2.20. The first-order valence-electron chi connectivity index (χ1n) is 7.74. The predicted molar refractivity (Wildman–Crippen MR) is 88.6 cm³/mol. The van der Waals surface area contributed by atoms with E-state index in [1.54, 1.807) is 24.3 Å². The topological polar surface area (TPSA) is 72.6 Å². The molecule has 0 amide bonds. The van der Waals surface area contributed by atoms with Crippen LogP contribution in [0.1, 0.15) is 17.7 Å². The van der Waals surface area contributed by atoms with Crippen molar-refractivity contribution < 1.29 is 23.4 Å². The van der Waals surface area contributed by atoms with E-state index in [2.05, 4.69) is 4.98 Å². The molecule has 0 saturated heterocycles. The van der Waals surface area contributed by atoms with E-state index in [1.165, 1.54) is 18.4 Å². The summed E-state index contributed by atoms with van der Waals surface area (Å²) < 4.78 is 24.2. The molecular formula is C19H16FNO4. The maximum atomic E-state index is 13.2. The Hall–Kier alpha value is -3.15. The van der Waals surface area contributed by atoms with Gasteiger partial charge in [0, 0.05) is 12.0 Å². The minimum atomic E-state index is -0.819. The zero-order chi connectivity index (χ0) is 17.6. The number of rotatable bonds is 7. The van der Waals surface area contributed by atoms with Crippen molar-refractivity contribution in [2.45, 2.75) is 19.4 Å². The Morgan fingerprint density at radius 1 is 1.20 bits per heavy atom. The van der Waals surface area contributed by atoms with Crippen molar-refractivity contribution in [3.05, 3.63) is 71.9 Å². The van der Waals surface area contributed by atoms with Crippen LogP contribution in [-0.2, 0) is 17.8 Å². The molecule has 128 valence electrons. The van der Waals surface area contributed by atoms with Crippen molar-refractivity contribution >= 4 is 5.97 Å². The molecule has 0 bridgehead atoms. The number of aliphatic carboxylic acids is 1. The van der Waals surface area contributed by atoms with Crippen LogP contribution < -0.4 is 4.74 Å². The second-order valence-corrected chi connectivity index (χ2v) is 5.48. The van der Waals surface area contributed by atoms with Crippen LogP contribution in [0.2, 0.25) is 0 Å². The number of aryl methyl sites for hydroxylation is 1. The summed E-state index contributed by atoms with van der Waals surface area (Å²) >= 11 is 0. The molecule has 3 rings (SSSR count). The minimum absolute atomic E-state index is 0.0992. The van der Waals surface area contributed by atoms with Crippen LogP contribution in [0.3, 0.4) is 0 Å². The molecule has 0 aliphatic heterocycles. The lowest BCUT2D eigenvalue weighted by Crippen LogP contribution is -1.98. The maximum Gasteiger partial charge on any atom is 0.303 e. The number of ether oxygens (including phenoxy) is 1. The summed E-state index contributed by atoms with van der Waals surface area (Å²) in [5.41, 5.74) is 2.09. The number of oxazole rings is 1. The van der Waals surface area contributed by atoms with E-state index in [0.717, 1.165) is 5.56 Å². The van der Waals surface area contributed by atoms with E-state index in [4.69, 9.17) is 14.3 Å². The van der Waals surface area contributed by atoms with Gasteiger partial charge in [-0.1, -0.05) is 18.2 Å². The highest BCUT2D eigenvalue weighted by molar-refractivity contribution is 5.67. The van der Waals surface area contributed by atoms with E-state index in [0.29, 0.717) is 29.3 Å². The number of carboxylic acids is 1. The van der Waals surface area contributed by atoms with Crippen LogP contribution in [-0.4, -0.2) is 16.1 Å². The number of aromatic nitrogens is 1. The molecule has 1 aromatic heterocycles. The first kappa shape index (κ1) is 16.7. The van der Waals surface area contributed by atoms with E-state index in [9.17, 15) is 9.18 Å². The summed E-state index contributed by atoms with van der Waals surface area (Å²) in [7, 11) is 0. The largest absolute Gasteiger partial charge is 0.487 e. The molecule has 0 aliphatic carbocycles. The van der Waals surface area contributed by atoms with Crippen LogP contribution in [0.5, 0.6) is 5.75 Å². The lowest BCUT2D eigenvalue weighted by molar-refractivity contribution is -0.136. The Balaban J connectivity index is 1.58. The summed E-state index contributed by atoms with van der Waals surface area (Å²) in [4.78, 5) is 14.8. The van der Waals surface area contributed by atoms with Crippen molar-refractivity contribution in [1.29, 1.82) is 0 Å². The average molecular weight is 341 g/mol. The first-order valence-corrected chi connectivity index (χ1v) is 7.74. The fourth-order valence-electron chi connectivity index (χ4n) is 2.29. The lowest BCUT2D eigenvalue weighted by atomic mass is 10.1. The second kappa shape index (κ2) is 7.61. The summed E-state index contributed by atoms with van der Waals surface area (Å²) in [6.45, 7) is 0.216. The number of carboxylic acid groups (broad SMARTS) is 1. The summed E-state index contributed by atoms with van der Waals surface area (Å²) in [6, 6.07) is 13.3. The van der Waals surface area contributed by atoms with Gasteiger partial charge < -0.3 is 14.3 Å². The van der Waals surface area contributed by atoms with Crippen molar-refractivity contribution in [2.24, 2.45) is 0 Å². The van der Waals surface area contributed by atoms with Gasteiger partial charge in [0.05, 0.1) is 0 Å². The van der Waals surface area contributed by atoms with Crippen LogP contribution in [0.15, 0.2) is 59.2 Å². The number of benzene rings is 2. The molecular weight excluding hydrogens is 325 g/mol. The van der Waals surface area contributed by atoms with Crippen molar-refractivity contribution in [2.75, 3.05) is 0 Å². The molecule has 0 spiro atoms. The van der Waals surface area contributed by atoms with Crippen molar-refractivity contribution in [3.8, 4) is 17.2 Å². The Morgan fingerprint density at radius 3 is 2.72 bits per heavy atom. The molecule has 3 aromatic rings. The Bertz CT molecular complexity index is 858. The molecule has 1 N–H and O–H groups in total. The van der Waals surface area contributed by atoms with E-state index < -0.39 is 5.97 Å². The van der Waals surface area contributed by atoms with Gasteiger partial charge in [-0.2, -0.15) is 0 Å². The van der Waals surface area contributed by atoms with Gasteiger partial charge in [0.15, 0.2) is 0 Å². The Morgan fingerprint density at radius 2 is 2.00 bits per heavy atom. The van der Waals surface area contributed by atoms with Gasteiger partial charge in [-0.05, 0) is 42.3 Å². The molecule has 25 heavy (non-hydrogen) atoms. The summed E-state index contributed by atoms with van der Waals surface area (Å²) in [5, 5.41) is 8.68. The number of carbonyl (C=O) groups is 1. The van der Waals surface area contributed by atoms with Crippen LogP contribution in [0, 0.1) is 5.82 Å². The number of hydrogen-bond acceptors (Lipinski definition) is 4. The highest BCUT2D eigenvalue weighted by Gasteiger charge is 2.08. The number of nitrogens with zero attached hydrogens (tertiary/aromatic N) is 1. The summed E-state index contributed by atoms with van der Waals surface area (Å²) in [5.74, 6) is -0.187. The Kier molecular flexibility index (Phi) is 5.09. The van der Waals surface area contributed by atoms with Crippen molar-refractivity contribution in [3.63, 3.8) is 0 Å². The molecule has 0 aliphatic rings. The van der Waals surface area contributed by atoms with Gasteiger partial charge in [0.2, 0.25) is 5.89 Å². The molecule has 0 radical (unpaired) electrons. The number of hydrogen-bond donors (Lipinski definition) is 1. The third kappa shape index (κ3) is 4.67. The highest BCUT2D eigenvalue weighted by atomic mass is 19.1. The lowest BCUT2D eigenvalue weighted by Gasteiger charge is -2.05. The predicted octanol–water partition coefficient (Wildman–Crippen LogP) is 4.08. The third-order valence-corrected chi connectivity index (χ3v) is 3.56. The zero-order valence-electron chi connectivity index (χ0n) is 13.3. The monoisotopic (exact) mass is 341 g/mol. The first-order chi connectivity index (χ1) is 12.1. The molecule has 0 fully saturated rings. The molecule has 0 saturated carbocycles. The van der Waals surface area contributed by atoms with E-state index in [-0.39, 0.29) is 18.8 Å². The zero-order valence-corrected chi connectivity index (χ0v) is 13.3. The van der Waals surface area contributed by atoms with Crippen LogP contribution in [0.4, 0.5) is 4.39 Å². The fraction of sp³-hybridized carbons (Fsp3) is 0.158. The molecule has 2 aromatic carbocycles. The summed E-state index contributed by atoms with van der Waals surface area (Å²) in [6.07, 6.45) is 2.05. The minimum Gasteiger partial charge on any atom is -0.487 e. The molecule has 0 unspecified atom stereocenters. The quantitative estimate of drug-likeness (QED) is 0.701. The fourth-order valence-corrected chi connectivity index (χ4v) is 2.29. The Labute approximate surface area is 143 Å². The van der Waals surface area contributed by atoms with E-state index >= 15 is 0 Å². The third-order valence-electron chi connectivity index (χ3n) is 3.56. The van der Waals surface area contributed by atoms with Gasteiger partial charge in [-0.15, -0.1) is 0 Å². The maximum absolute atomic E-state index is 13.2. The molecule has 6 heteroatoms. The average Bonchev–Trinajstić information content (AvgIpc) is 3.08. The molecule has 5 nitrogen and oxygen atoms in total. The second-order valence-electron chi connectivity index (χ2n) is 5.48. The van der Waals surface area contributed by atoms with Gasteiger partial charge in [-0.3, -0.25) is 4.79 Å². The normalized spacial score (nSPS) is 10.6.